The van der Waals surface area contributed by atoms with E-state index in [1.165, 1.54) is 5.56 Å². The fraction of sp³-hybridized carbons (Fsp3) is 0.606. The Balaban J connectivity index is 1.12. The number of benzene rings is 2. The van der Waals surface area contributed by atoms with Gasteiger partial charge in [-0.3, -0.25) is 4.79 Å². The van der Waals surface area contributed by atoms with Crippen LogP contribution in [0.15, 0.2) is 42.5 Å². The first kappa shape index (κ1) is 29.2. The smallest absolute Gasteiger partial charge is 0.220 e. The highest BCUT2D eigenvalue weighted by molar-refractivity contribution is 5.76. The fourth-order valence-corrected chi connectivity index (χ4v) is 7.08. The average Bonchev–Trinajstić information content (AvgIpc) is 3.41. The second-order valence-electron chi connectivity index (χ2n) is 12.1. The second kappa shape index (κ2) is 13.6. The first-order valence-electron chi connectivity index (χ1n) is 15.4. The van der Waals surface area contributed by atoms with E-state index in [0.29, 0.717) is 43.9 Å². The number of anilines is 1. The highest BCUT2D eigenvalue weighted by Gasteiger charge is 2.54. The molecule has 4 aliphatic rings. The minimum Gasteiger partial charge on any atom is -0.497 e. The Hall–Kier alpha value is -2.85. The molecule has 9 nitrogen and oxygen atoms in total. The Kier molecular flexibility index (Phi) is 9.49. The van der Waals surface area contributed by atoms with E-state index in [2.05, 4.69) is 45.9 Å². The van der Waals surface area contributed by atoms with E-state index in [-0.39, 0.29) is 23.8 Å². The Morgan fingerprint density at radius 1 is 1.10 bits per heavy atom. The third kappa shape index (κ3) is 6.70. The lowest BCUT2D eigenvalue weighted by Gasteiger charge is -2.39. The van der Waals surface area contributed by atoms with Gasteiger partial charge in [-0.25, -0.2) is 0 Å². The predicted octanol–water partition coefficient (Wildman–Crippen LogP) is 3.22. The lowest BCUT2D eigenvalue weighted by atomic mass is 9.79. The summed E-state index contributed by atoms with van der Waals surface area (Å²) in [7, 11) is 3.43. The molecule has 1 aliphatic carbocycles. The Morgan fingerprint density at radius 3 is 2.71 bits per heavy atom. The van der Waals surface area contributed by atoms with Gasteiger partial charge in [0.05, 0.1) is 45.3 Å². The maximum absolute atomic E-state index is 12.9. The molecular formula is C33H45N3O6. The van der Waals surface area contributed by atoms with Crippen LogP contribution in [0.25, 0.3) is 0 Å². The number of carbonyl (C=O) groups excluding carboxylic acids is 1. The number of nitrogens with one attached hydrogen (secondary N) is 2. The topological polar surface area (TPSA) is 90.5 Å². The van der Waals surface area contributed by atoms with Gasteiger partial charge in [-0.2, -0.15) is 0 Å². The summed E-state index contributed by atoms with van der Waals surface area (Å²) in [5.41, 5.74) is 3.45. The van der Waals surface area contributed by atoms with Gasteiger partial charge in [-0.05, 0) is 65.5 Å². The standard InChI is InChI=1S/C33H45N3O6/c1-38-12-3-10-36-11-13-41-30-9-4-22(14-29(30)36)19-42-31-18-34-16-24(33(31)23-5-7-25(39-2)8-6-23)17-35-32(37)15-26-27-20-40-21-28(26)27/h4-9,14,24,26-28,31,33-34H,3,10-13,15-21H2,1-2H3,(H,35,37)/t24-,26-,27+,28-,31-,33-/m0/s1. The quantitative estimate of drug-likeness (QED) is 0.350. The van der Waals surface area contributed by atoms with E-state index >= 15 is 0 Å². The Morgan fingerprint density at radius 2 is 1.93 bits per heavy atom. The lowest BCUT2D eigenvalue weighted by molar-refractivity contribution is -0.122. The number of hydrogen-bond acceptors (Lipinski definition) is 8. The number of amides is 1. The van der Waals surface area contributed by atoms with E-state index in [4.69, 9.17) is 23.7 Å². The summed E-state index contributed by atoms with van der Waals surface area (Å²) >= 11 is 0. The maximum atomic E-state index is 12.9. The van der Waals surface area contributed by atoms with Crippen LogP contribution < -0.4 is 25.0 Å². The second-order valence-corrected chi connectivity index (χ2v) is 12.1. The normalized spacial score (nSPS) is 28.0. The van der Waals surface area contributed by atoms with Crippen LogP contribution in [0.5, 0.6) is 11.5 Å². The molecule has 6 rings (SSSR count). The number of fused-ring (bicyclic) bond motifs is 2. The number of ether oxygens (including phenoxy) is 5. The number of rotatable bonds is 13. The molecule has 0 radical (unpaired) electrons. The summed E-state index contributed by atoms with van der Waals surface area (Å²) in [6, 6.07) is 14.7. The zero-order valence-electron chi connectivity index (χ0n) is 24.9. The van der Waals surface area contributed by atoms with Crippen LogP contribution in [0.3, 0.4) is 0 Å². The van der Waals surface area contributed by atoms with Gasteiger partial charge in [0.1, 0.15) is 18.1 Å². The molecule has 2 aromatic carbocycles. The summed E-state index contributed by atoms with van der Waals surface area (Å²) in [5.74, 6) is 3.92. The number of hydrogen-bond donors (Lipinski definition) is 2. The van der Waals surface area contributed by atoms with Crippen LogP contribution in [0.1, 0.15) is 29.9 Å². The van der Waals surface area contributed by atoms with Crippen LogP contribution in [-0.4, -0.2) is 85.4 Å². The highest BCUT2D eigenvalue weighted by Crippen LogP contribution is 2.52. The molecule has 2 N–H and O–H groups in total. The molecule has 9 heteroatoms. The summed E-state index contributed by atoms with van der Waals surface area (Å²) < 4.78 is 28.8. The number of nitrogens with zero attached hydrogens (tertiary/aromatic N) is 1. The molecule has 0 spiro atoms. The van der Waals surface area contributed by atoms with Gasteiger partial charge >= 0.3 is 0 Å². The van der Waals surface area contributed by atoms with Crippen molar-refractivity contribution >= 4 is 11.6 Å². The van der Waals surface area contributed by atoms with Crippen LogP contribution in [0, 0.1) is 23.7 Å². The van der Waals surface area contributed by atoms with Crippen molar-refractivity contribution in [3.63, 3.8) is 0 Å². The summed E-state index contributed by atoms with van der Waals surface area (Å²) in [6.07, 6.45) is 1.54. The molecule has 1 amide bonds. The first-order valence-corrected chi connectivity index (χ1v) is 15.4. The van der Waals surface area contributed by atoms with Crippen molar-refractivity contribution in [3.05, 3.63) is 53.6 Å². The van der Waals surface area contributed by atoms with Crippen molar-refractivity contribution in [2.75, 3.05) is 78.3 Å². The van der Waals surface area contributed by atoms with Crippen LogP contribution in [0.4, 0.5) is 5.69 Å². The summed E-state index contributed by atoms with van der Waals surface area (Å²) in [5, 5.41) is 6.84. The molecule has 42 heavy (non-hydrogen) atoms. The predicted molar refractivity (Wildman–Crippen MR) is 160 cm³/mol. The van der Waals surface area contributed by atoms with Crippen molar-refractivity contribution < 1.29 is 28.5 Å². The molecule has 3 aliphatic heterocycles. The van der Waals surface area contributed by atoms with Gasteiger partial charge < -0.3 is 39.2 Å². The first-order chi connectivity index (χ1) is 20.6. The zero-order chi connectivity index (χ0) is 28.9. The minimum absolute atomic E-state index is 0.0425. The number of carbonyl (C=O) groups is 1. The molecule has 2 saturated heterocycles. The maximum Gasteiger partial charge on any atom is 0.220 e. The highest BCUT2D eigenvalue weighted by atomic mass is 16.5. The van der Waals surface area contributed by atoms with Gasteiger partial charge in [0.2, 0.25) is 5.91 Å². The van der Waals surface area contributed by atoms with Crippen molar-refractivity contribution in [2.45, 2.75) is 31.5 Å². The fourth-order valence-electron chi connectivity index (χ4n) is 7.08. The molecule has 6 atom stereocenters. The molecular weight excluding hydrogens is 534 g/mol. The number of methoxy groups -OCH3 is 2. The number of piperidine rings is 1. The van der Waals surface area contributed by atoms with Gasteiger partial charge in [0.15, 0.2) is 0 Å². The zero-order valence-corrected chi connectivity index (χ0v) is 24.9. The Labute approximate surface area is 249 Å². The van der Waals surface area contributed by atoms with Crippen molar-refractivity contribution in [3.8, 4) is 11.5 Å². The van der Waals surface area contributed by atoms with Crippen molar-refractivity contribution in [1.82, 2.24) is 10.6 Å². The summed E-state index contributed by atoms with van der Waals surface area (Å²) in [4.78, 5) is 15.3. The Bertz CT molecular complexity index is 1180. The van der Waals surface area contributed by atoms with E-state index in [0.717, 1.165) is 75.2 Å². The third-order valence-corrected chi connectivity index (χ3v) is 9.50. The van der Waals surface area contributed by atoms with Crippen molar-refractivity contribution in [1.29, 1.82) is 0 Å². The van der Waals surface area contributed by atoms with E-state index < -0.39 is 0 Å². The lowest BCUT2D eigenvalue weighted by Crippen LogP contribution is -2.50. The monoisotopic (exact) mass is 579 g/mol. The van der Waals surface area contributed by atoms with Gasteiger partial charge in [0, 0.05) is 52.2 Å². The average molecular weight is 580 g/mol. The minimum atomic E-state index is -0.0425. The molecule has 2 aromatic rings. The SMILES string of the molecule is COCCCN1CCOc2ccc(CO[C@H]3CNC[C@@H](CNC(=O)C[C@@H]4[C@@H]5COC[C@@H]54)[C@@H]3c3ccc(OC)cc3)cc21. The van der Waals surface area contributed by atoms with Gasteiger partial charge in [0.25, 0.3) is 0 Å². The summed E-state index contributed by atoms with van der Waals surface area (Å²) in [6.45, 7) is 7.58. The van der Waals surface area contributed by atoms with Gasteiger partial charge in [-0.1, -0.05) is 18.2 Å². The van der Waals surface area contributed by atoms with Crippen LogP contribution in [0.2, 0.25) is 0 Å². The van der Waals surface area contributed by atoms with E-state index in [9.17, 15) is 4.79 Å². The molecule has 0 aromatic heterocycles. The molecule has 1 saturated carbocycles. The molecule has 228 valence electrons. The van der Waals surface area contributed by atoms with Crippen molar-refractivity contribution in [2.24, 2.45) is 23.7 Å². The molecule has 3 heterocycles. The molecule has 0 bridgehead atoms. The van der Waals surface area contributed by atoms with Crippen LogP contribution >= 0.6 is 0 Å². The van der Waals surface area contributed by atoms with Gasteiger partial charge in [-0.15, -0.1) is 0 Å². The molecule has 3 fully saturated rings. The van der Waals surface area contributed by atoms with Crippen LogP contribution in [-0.2, 0) is 25.6 Å². The van der Waals surface area contributed by atoms with E-state index in [1.807, 2.05) is 12.1 Å². The third-order valence-electron chi connectivity index (χ3n) is 9.50. The molecule has 0 unspecified atom stereocenters. The largest absolute Gasteiger partial charge is 0.497 e. The van der Waals surface area contributed by atoms with E-state index in [1.54, 1.807) is 14.2 Å².